The molecule has 1 amide bonds. The van der Waals surface area contributed by atoms with Crippen LogP contribution < -0.4 is 0 Å². The van der Waals surface area contributed by atoms with Crippen LogP contribution in [-0.4, -0.2) is 55.6 Å². The van der Waals surface area contributed by atoms with Gasteiger partial charge in [-0.3, -0.25) is 4.79 Å². The smallest absolute Gasteiger partial charge is 0.251 e. The first kappa shape index (κ1) is 12.4. The van der Waals surface area contributed by atoms with E-state index in [1.807, 2.05) is 7.05 Å². The van der Waals surface area contributed by atoms with Gasteiger partial charge in [-0.1, -0.05) is 0 Å². The van der Waals surface area contributed by atoms with E-state index in [0.717, 1.165) is 38.6 Å². The molecule has 0 aromatic carbocycles. The van der Waals surface area contributed by atoms with Crippen LogP contribution in [0.1, 0.15) is 32.1 Å². The minimum absolute atomic E-state index is 0.128. The van der Waals surface area contributed by atoms with E-state index in [4.69, 9.17) is 14.2 Å². The molecule has 102 valence electrons. The van der Waals surface area contributed by atoms with Crippen LogP contribution in [0.25, 0.3) is 0 Å². The van der Waals surface area contributed by atoms with Gasteiger partial charge in [0.25, 0.3) is 5.91 Å². The second kappa shape index (κ2) is 4.79. The van der Waals surface area contributed by atoms with Gasteiger partial charge in [-0.25, -0.2) is 0 Å². The van der Waals surface area contributed by atoms with E-state index in [2.05, 4.69) is 0 Å². The topological polar surface area (TPSA) is 48.0 Å². The quantitative estimate of drug-likeness (QED) is 0.736. The van der Waals surface area contributed by atoms with Crippen molar-refractivity contribution in [3.05, 3.63) is 0 Å². The van der Waals surface area contributed by atoms with Gasteiger partial charge in [0.15, 0.2) is 5.79 Å². The lowest BCUT2D eigenvalue weighted by molar-refractivity contribution is -0.195. The molecule has 1 saturated carbocycles. The van der Waals surface area contributed by atoms with Gasteiger partial charge in [0, 0.05) is 32.9 Å². The van der Waals surface area contributed by atoms with Crippen molar-refractivity contribution in [1.29, 1.82) is 0 Å². The number of ether oxygens (including phenoxy) is 3. The number of likely N-dealkylation sites (tertiary alicyclic amines) is 1. The lowest BCUT2D eigenvalue weighted by Crippen LogP contribution is -2.39. The molecular weight excluding hydrogens is 234 g/mol. The van der Waals surface area contributed by atoms with Gasteiger partial charge in [0.1, 0.15) is 6.10 Å². The van der Waals surface area contributed by atoms with Crippen molar-refractivity contribution in [3.8, 4) is 0 Å². The zero-order valence-electron chi connectivity index (χ0n) is 10.9. The Balaban J connectivity index is 1.50. The number of carbonyl (C=O) groups excluding carboxylic acids is 1. The lowest BCUT2D eigenvalue weighted by Gasteiger charge is -2.35. The number of nitrogens with zero attached hydrogens (tertiary/aromatic N) is 1. The minimum atomic E-state index is -0.337. The molecule has 1 spiro atoms. The van der Waals surface area contributed by atoms with Crippen molar-refractivity contribution in [2.45, 2.75) is 50.1 Å². The summed E-state index contributed by atoms with van der Waals surface area (Å²) in [7, 11) is 1.84. The van der Waals surface area contributed by atoms with E-state index in [0.29, 0.717) is 13.2 Å². The maximum atomic E-state index is 11.8. The monoisotopic (exact) mass is 255 g/mol. The highest BCUT2D eigenvalue weighted by atomic mass is 16.7. The molecule has 1 atom stereocenters. The zero-order chi connectivity index (χ0) is 12.6. The largest absolute Gasteiger partial charge is 0.365 e. The van der Waals surface area contributed by atoms with E-state index in [-0.39, 0.29) is 23.9 Å². The molecule has 1 aliphatic carbocycles. The van der Waals surface area contributed by atoms with Gasteiger partial charge in [-0.05, 0) is 12.8 Å². The molecule has 18 heavy (non-hydrogen) atoms. The van der Waals surface area contributed by atoms with Crippen LogP contribution in [0.15, 0.2) is 0 Å². The molecule has 1 unspecified atom stereocenters. The Labute approximate surface area is 107 Å². The van der Waals surface area contributed by atoms with Crippen molar-refractivity contribution < 1.29 is 19.0 Å². The Hall–Kier alpha value is -0.650. The highest BCUT2D eigenvalue weighted by Crippen LogP contribution is 2.37. The Kier molecular flexibility index (Phi) is 3.30. The first-order valence-electron chi connectivity index (χ1n) is 6.87. The van der Waals surface area contributed by atoms with Crippen LogP contribution in [0.2, 0.25) is 0 Å². The van der Waals surface area contributed by atoms with Crippen LogP contribution in [0.3, 0.4) is 0 Å². The highest BCUT2D eigenvalue weighted by molar-refractivity contribution is 5.82. The van der Waals surface area contributed by atoms with E-state index < -0.39 is 0 Å². The number of carbonyl (C=O) groups is 1. The summed E-state index contributed by atoms with van der Waals surface area (Å²) in [5.74, 6) is -0.209. The Morgan fingerprint density at radius 3 is 2.44 bits per heavy atom. The molecule has 0 N–H and O–H groups in total. The zero-order valence-corrected chi connectivity index (χ0v) is 10.9. The molecule has 5 heteroatoms. The standard InChI is InChI=1S/C13H21NO4/c1-14-7-4-11(12(14)15)18-10-2-5-13(6-3-10)16-8-9-17-13/h10-11H,2-9H2,1H3. The third-order valence-corrected chi connectivity index (χ3v) is 4.24. The third-order valence-electron chi connectivity index (χ3n) is 4.24. The van der Waals surface area contributed by atoms with E-state index in [1.54, 1.807) is 4.90 Å². The summed E-state index contributed by atoms with van der Waals surface area (Å²) in [5.41, 5.74) is 0. The number of amides is 1. The summed E-state index contributed by atoms with van der Waals surface area (Å²) in [4.78, 5) is 13.5. The lowest BCUT2D eigenvalue weighted by atomic mass is 9.91. The van der Waals surface area contributed by atoms with E-state index >= 15 is 0 Å². The van der Waals surface area contributed by atoms with Gasteiger partial charge in [-0.2, -0.15) is 0 Å². The third kappa shape index (κ3) is 2.27. The van der Waals surface area contributed by atoms with Gasteiger partial charge in [0.2, 0.25) is 0 Å². The molecule has 0 aromatic heterocycles. The molecule has 2 aliphatic heterocycles. The number of rotatable bonds is 2. The molecule has 3 aliphatic rings. The predicted octanol–water partition coefficient (Wildman–Crippen LogP) is 0.919. The maximum Gasteiger partial charge on any atom is 0.251 e. The Morgan fingerprint density at radius 1 is 1.22 bits per heavy atom. The Morgan fingerprint density at radius 2 is 1.89 bits per heavy atom. The molecule has 0 radical (unpaired) electrons. The average molecular weight is 255 g/mol. The molecular formula is C13H21NO4. The fraction of sp³-hybridized carbons (Fsp3) is 0.923. The van der Waals surface area contributed by atoms with E-state index in [9.17, 15) is 4.79 Å². The van der Waals surface area contributed by atoms with E-state index in [1.165, 1.54) is 0 Å². The summed E-state index contributed by atoms with van der Waals surface area (Å²) >= 11 is 0. The van der Waals surface area contributed by atoms with Crippen LogP contribution in [-0.2, 0) is 19.0 Å². The average Bonchev–Trinajstić information content (AvgIpc) is 2.95. The van der Waals surface area contributed by atoms with Crippen molar-refractivity contribution in [2.24, 2.45) is 0 Å². The molecule has 0 aromatic rings. The predicted molar refractivity (Wildman–Crippen MR) is 64.0 cm³/mol. The first-order chi connectivity index (χ1) is 8.69. The SMILES string of the molecule is CN1CCC(OC2CCC3(CC2)OCCO3)C1=O. The van der Waals surface area contributed by atoms with Crippen molar-refractivity contribution in [1.82, 2.24) is 4.90 Å². The molecule has 0 bridgehead atoms. The summed E-state index contributed by atoms with van der Waals surface area (Å²) < 4.78 is 17.3. The first-order valence-corrected chi connectivity index (χ1v) is 6.87. The van der Waals surface area contributed by atoms with Crippen LogP contribution in [0, 0.1) is 0 Å². The molecule has 3 rings (SSSR count). The molecule has 5 nitrogen and oxygen atoms in total. The maximum absolute atomic E-state index is 11.8. The summed E-state index contributed by atoms with van der Waals surface area (Å²) in [5, 5.41) is 0. The van der Waals surface area contributed by atoms with Gasteiger partial charge >= 0.3 is 0 Å². The summed E-state index contributed by atoms with van der Waals surface area (Å²) in [6.45, 7) is 2.22. The van der Waals surface area contributed by atoms with Crippen molar-refractivity contribution in [2.75, 3.05) is 26.8 Å². The molecule has 3 fully saturated rings. The van der Waals surface area contributed by atoms with Gasteiger partial charge in [0.05, 0.1) is 19.3 Å². The van der Waals surface area contributed by atoms with Gasteiger partial charge < -0.3 is 19.1 Å². The van der Waals surface area contributed by atoms with Crippen molar-refractivity contribution >= 4 is 5.91 Å². The second-order valence-electron chi connectivity index (χ2n) is 5.48. The fourth-order valence-electron chi connectivity index (χ4n) is 3.10. The summed E-state index contributed by atoms with van der Waals surface area (Å²) in [6.07, 6.45) is 4.40. The van der Waals surface area contributed by atoms with Crippen LogP contribution in [0.5, 0.6) is 0 Å². The minimum Gasteiger partial charge on any atom is -0.365 e. The van der Waals surface area contributed by atoms with Crippen LogP contribution in [0.4, 0.5) is 0 Å². The van der Waals surface area contributed by atoms with Crippen LogP contribution >= 0.6 is 0 Å². The number of hydrogen-bond acceptors (Lipinski definition) is 4. The molecule has 2 saturated heterocycles. The number of hydrogen-bond donors (Lipinski definition) is 0. The molecule has 2 heterocycles. The van der Waals surface area contributed by atoms with Crippen molar-refractivity contribution in [3.63, 3.8) is 0 Å². The summed E-state index contributed by atoms with van der Waals surface area (Å²) in [6, 6.07) is 0. The normalized spacial score (nSPS) is 32.6. The number of likely N-dealkylation sites (N-methyl/N-ethyl adjacent to an activating group) is 1. The second-order valence-corrected chi connectivity index (χ2v) is 5.48. The highest BCUT2D eigenvalue weighted by Gasteiger charge is 2.42. The van der Waals surface area contributed by atoms with Gasteiger partial charge in [-0.15, -0.1) is 0 Å². The Bertz CT molecular complexity index is 317. The fourth-order valence-corrected chi connectivity index (χ4v) is 3.10.